The van der Waals surface area contributed by atoms with Gasteiger partial charge >= 0.3 is 0 Å². The molecule has 1 unspecified atom stereocenters. The first-order chi connectivity index (χ1) is 5.52. The molecule has 0 heterocycles. The van der Waals surface area contributed by atoms with Crippen molar-refractivity contribution in [2.24, 2.45) is 11.8 Å². The van der Waals surface area contributed by atoms with Gasteiger partial charge in [0.25, 0.3) is 0 Å². The molecule has 0 radical (unpaired) electrons. The summed E-state index contributed by atoms with van der Waals surface area (Å²) >= 11 is 2.09. The van der Waals surface area contributed by atoms with Gasteiger partial charge in [-0.1, -0.05) is 41.0 Å². The third-order valence-electron chi connectivity index (χ3n) is 1.95. The normalized spacial score (nSPS) is 14.2. The van der Waals surface area contributed by atoms with E-state index in [1.165, 1.54) is 18.6 Å². The van der Waals surface area contributed by atoms with E-state index in [-0.39, 0.29) is 0 Å². The van der Waals surface area contributed by atoms with Gasteiger partial charge in [-0.05, 0) is 29.3 Å². The second-order valence-corrected chi connectivity index (χ2v) is 6.07. The average Bonchev–Trinajstić information content (AvgIpc) is 1.96. The first-order valence-electron chi connectivity index (χ1n) is 5.14. The van der Waals surface area contributed by atoms with Gasteiger partial charge < -0.3 is 0 Å². The Morgan fingerprint density at radius 2 is 1.50 bits per heavy atom. The Labute approximate surface area is 82.5 Å². The number of hydrogen-bond donors (Lipinski definition) is 0. The van der Waals surface area contributed by atoms with Gasteiger partial charge in [0.1, 0.15) is 0 Å². The van der Waals surface area contributed by atoms with Gasteiger partial charge in [0.05, 0.1) is 0 Å². The van der Waals surface area contributed by atoms with Crippen LogP contribution in [0.1, 0.15) is 47.5 Å². The van der Waals surface area contributed by atoms with E-state index in [1.807, 2.05) is 0 Å². The Bertz CT molecular complexity index is 85.2. The topological polar surface area (TPSA) is 0 Å². The van der Waals surface area contributed by atoms with Crippen LogP contribution in [0.25, 0.3) is 0 Å². The molecule has 0 bridgehead atoms. The van der Waals surface area contributed by atoms with Crippen LogP contribution in [0.15, 0.2) is 0 Å². The van der Waals surface area contributed by atoms with Crippen LogP contribution in [0.4, 0.5) is 0 Å². The van der Waals surface area contributed by atoms with Crippen LogP contribution in [-0.4, -0.2) is 11.0 Å². The highest BCUT2D eigenvalue weighted by molar-refractivity contribution is 7.99. The van der Waals surface area contributed by atoms with Crippen LogP contribution in [0, 0.1) is 11.8 Å². The van der Waals surface area contributed by atoms with E-state index in [4.69, 9.17) is 0 Å². The van der Waals surface area contributed by atoms with Crippen LogP contribution in [-0.2, 0) is 0 Å². The molecule has 0 aromatic heterocycles. The molecule has 0 N–H and O–H groups in total. The van der Waals surface area contributed by atoms with Crippen molar-refractivity contribution in [3.8, 4) is 0 Å². The highest BCUT2D eigenvalue weighted by Gasteiger charge is 2.04. The van der Waals surface area contributed by atoms with Gasteiger partial charge in [-0.2, -0.15) is 11.8 Å². The molecule has 0 saturated heterocycles. The minimum Gasteiger partial charge on any atom is -0.159 e. The molecule has 0 aromatic rings. The summed E-state index contributed by atoms with van der Waals surface area (Å²) in [6.45, 7) is 11.5. The number of hydrogen-bond acceptors (Lipinski definition) is 1. The third kappa shape index (κ3) is 8.45. The van der Waals surface area contributed by atoms with E-state index in [9.17, 15) is 0 Å². The van der Waals surface area contributed by atoms with E-state index in [1.54, 1.807) is 0 Å². The zero-order valence-corrected chi connectivity index (χ0v) is 10.1. The lowest BCUT2D eigenvalue weighted by Gasteiger charge is -2.13. The molecule has 0 saturated carbocycles. The van der Waals surface area contributed by atoms with E-state index in [0.29, 0.717) is 0 Å². The van der Waals surface area contributed by atoms with Crippen LogP contribution in [0.3, 0.4) is 0 Å². The summed E-state index contributed by atoms with van der Waals surface area (Å²) in [5, 5.41) is 0.798. The Kier molecular flexibility index (Phi) is 7.02. The second-order valence-electron chi connectivity index (χ2n) is 4.46. The lowest BCUT2D eigenvalue weighted by atomic mass is 10.0. The monoisotopic (exact) mass is 188 g/mol. The largest absolute Gasteiger partial charge is 0.159 e. The van der Waals surface area contributed by atoms with Crippen molar-refractivity contribution < 1.29 is 0 Å². The summed E-state index contributed by atoms with van der Waals surface area (Å²) in [5.74, 6) is 3.11. The SMILES string of the molecule is CC(C)CCC(C)CSC(C)C. The molecule has 1 atom stereocenters. The highest BCUT2D eigenvalue weighted by Crippen LogP contribution is 2.19. The van der Waals surface area contributed by atoms with E-state index >= 15 is 0 Å². The van der Waals surface area contributed by atoms with Crippen molar-refractivity contribution in [1.82, 2.24) is 0 Å². The van der Waals surface area contributed by atoms with Crippen LogP contribution in [0.5, 0.6) is 0 Å². The first-order valence-corrected chi connectivity index (χ1v) is 6.18. The number of rotatable bonds is 6. The fourth-order valence-electron chi connectivity index (χ4n) is 1.06. The van der Waals surface area contributed by atoms with Gasteiger partial charge in [0.2, 0.25) is 0 Å². The number of thioether (sulfide) groups is 1. The molecule has 74 valence electrons. The fourth-order valence-corrected chi connectivity index (χ4v) is 1.94. The van der Waals surface area contributed by atoms with Crippen molar-refractivity contribution in [3.05, 3.63) is 0 Å². The molecule has 0 spiro atoms. The fraction of sp³-hybridized carbons (Fsp3) is 1.00. The molecular formula is C11H24S. The van der Waals surface area contributed by atoms with Gasteiger partial charge in [0.15, 0.2) is 0 Å². The maximum Gasteiger partial charge on any atom is -0.000958 e. The van der Waals surface area contributed by atoms with Crippen LogP contribution >= 0.6 is 11.8 Å². The Morgan fingerprint density at radius 1 is 0.917 bits per heavy atom. The Morgan fingerprint density at radius 3 is 1.92 bits per heavy atom. The van der Waals surface area contributed by atoms with Crippen LogP contribution in [0.2, 0.25) is 0 Å². The second kappa shape index (κ2) is 6.82. The molecule has 0 aliphatic rings. The summed E-state index contributed by atoms with van der Waals surface area (Å²) in [6.07, 6.45) is 2.79. The smallest absolute Gasteiger partial charge is 0.000958 e. The average molecular weight is 188 g/mol. The molecule has 0 nitrogen and oxygen atoms in total. The standard InChI is InChI=1S/C11H24S/c1-9(2)6-7-11(5)8-12-10(3)4/h9-11H,6-8H2,1-5H3. The zero-order chi connectivity index (χ0) is 9.56. The molecule has 0 aliphatic heterocycles. The predicted octanol–water partition coefficient (Wildman–Crippen LogP) is 4.20. The Hall–Kier alpha value is 0.350. The summed E-state index contributed by atoms with van der Waals surface area (Å²) in [4.78, 5) is 0. The minimum atomic E-state index is 0.798. The summed E-state index contributed by atoms with van der Waals surface area (Å²) in [6, 6.07) is 0. The lowest BCUT2D eigenvalue weighted by Crippen LogP contribution is -2.03. The van der Waals surface area contributed by atoms with Gasteiger partial charge in [-0.25, -0.2) is 0 Å². The molecule has 0 aliphatic carbocycles. The minimum absolute atomic E-state index is 0.798. The summed E-state index contributed by atoms with van der Waals surface area (Å²) in [5.41, 5.74) is 0. The molecule has 0 fully saturated rings. The lowest BCUT2D eigenvalue weighted by molar-refractivity contribution is 0.480. The van der Waals surface area contributed by atoms with Crippen molar-refractivity contribution in [2.75, 3.05) is 5.75 Å². The van der Waals surface area contributed by atoms with Crippen molar-refractivity contribution in [1.29, 1.82) is 0 Å². The van der Waals surface area contributed by atoms with Crippen LogP contribution < -0.4 is 0 Å². The maximum absolute atomic E-state index is 2.37. The van der Waals surface area contributed by atoms with Crippen molar-refractivity contribution in [3.63, 3.8) is 0 Å². The predicted molar refractivity (Wildman–Crippen MR) is 60.8 cm³/mol. The Balaban J connectivity index is 3.27. The maximum atomic E-state index is 2.37. The highest BCUT2D eigenvalue weighted by atomic mass is 32.2. The molecule has 0 aromatic carbocycles. The van der Waals surface area contributed by atoms with Gasteiger partial charge in [0, 0.05) is 0 Å². The van der Waals surface area contributed by atoms with Crippen molar-refractivity contribution >= 4 is 11.8 Å². The quantitative estimate of drug-likeness (QED) is 0.602. The van der Waals surface area contributed by atoms with E-state index < -0.39 is 0 Å². The zero-order valence-electron chi connectivity index (χ0n) is 9.26. The van der Waals surface area contributed by atoms with E-state index in [2.05, 4.69) is 46.4 Å². The molecule has 1 heteroatoms. The summed E-state index contributed by atoms with van der Waals surface area (Å²) in [7, 11) is 0. The molecule has 12 heavy (non-hydrogen) atoms. The molecular weight excluding hydrogens is 164 g/mol. The third-order valence-corrected chi connectivity index (χ3v) is 3.38. The molecule has 0 amide bonds. The van der Waals surface area contributed by atoms with Crippen molar-refractivity contribution in [2.45, 2.75) is 52.7 Å². The van der Waals surface area contributed by atoms with Gasteiger partial charge in [-0.3, -0.25) is 0 Å². The summed E-state index contributed by atoms with van der Waals surface area (Å²) < 4.78 is 0. The molecule has 0 rings (SSSR count). The van der Waals surface area contributed by atoms with E-state index in [0.717, 1.165) is 17.1 Å². The van der Waals surface area contributed by atoms with Gasteiger partial charge in [-0.15, -0.1) is 0 Å². The first kappa shape index (κ1) is 12.3.